The molecule has 0 heterocycles. The molecule has 0 unspecified atom stereocenters. The summed E-state index contributed by atoms with van der Waals surface area (Å²) in [5.41, 5.74) is 5.61. The molecule has 0 fully saturated rings. The maximum Gasteiger partial charge on any atom is 0.266 e. The van der Waals surface area contributed by atoms with Crippen LogP contribution in [0.4, 0.5) is 0 Å². The van der Waals surface area contributed by atoms with Crippen LogP contribution in [0.1, 0.15) is 53.2 Å². The van der Waals surface area contributed by atoms with Crippen LogP contribution in [0.2, 0.25) is 0 Å². The minimum absolute atomic E-state index is 0.112. The quantitative estimate of drug-likeness (QED) is 0.775. The first-order chi connectivity index (χ1) is 11.7. The number of hydrogen-bond donors (Lipinski definition) is 2. The molecule has 1 amide bonds. The molecule has 0 spiro atoms. The number of benzene rings is 2. The van der Waals surface area contributed by atoms with Crippen molar-refractivity contribution in [1.82, 2.24) is 10.3 Å². The van der Waals surface area contributed by atoms with E-state index in [1.165, 1.54) is 0 Å². The second-order valence-electron chi connectivity index (χ2n) is 6.26. The number of hydrogen-bond acceptors (Lipinski definition) is 3. The number of amides is 1. The van der Waals surface area contributed by atoms with Crippen molar-refractivity contribution < 1.29 is 13.2 Å². The van der Waals surface area contributed by atoms with Crippen molar-refractivity contribution in [3.05, 3.63) is 64.7 Å². The third-order valence-electron chi connectivity index (χ3n) is 4.30. The maximum atomic E-state index is 12.3. The van der Waals surface area contributed by atoms with Crippen molar-refractivity contribution in [3.8, 4) is 0 Å². The molecule has 25 heavy (non-hydrogen) atoms. The standard InChI is InChI=1S/C19H24N2O3S/c1-5-14(3)16-7-9-17(10-8-16)25(23,24)21-20-19(22)18-11-6-13(2)12-15(18)4/h6-12,14,21H,5H2,1-4H3,(H,20,22)/t14-/m0/s1. The topological polar surface area (TPSA) is 75.3 Å². The van der Waals surface area contributed by atoms with Crippen LogP contribution in [0.15, 0.2) is 47.4 Å². The summed E-state index contributed by atoms with van der Waals surface area (Å²) in [6, 6.07) is 12.1. The Morgan fingerprint density at radius 3 is 2.28 bits per heavy atom. The molecular formula is C19H24N2O3S. The number of carbonyl (C=O) groups excluding carboxylic acids is 1. The van der Waals surface area contributed by atoms with E-state index >= 15 is 0 Å². The first-order valence-corrected chi connectivity index (χ1v) is 9.72. The van der Waals surface area contributed by atoms with Gasteiger partial charge >= 0.3 is 0 Å². The number of hydrazine groups is 1. The Hall–Kier alpha value is -2.18. The third-order valence-corrected chi connectivity index (χ3v) is 5.56. The van der Waals surface area contributed by atoms with Gasteiger partial charge in [0.2, 0.25) is 0 Å². The fourth-order valence-electron chi connectivity index (χ4n) is 2.52. The summed E-state index contributed by atoms with van der Waals surface area (Å²) in [4.78, 5) is 14.5. The molecule has 0 saturated carbocycles. The summed E-state index contributed by atoms with van der Waals surface area (Å²) in [5, 5.41) is 0. The Kier molecular flexibility index (Phi) is 5.98. The molecule has 0 radical (unpaired) electrons. The van der Waals surface area contributed by atoms with Gasteiger partial charge in [-0.2, -0.15) is 0 Å². The Labute approximate surface area is 149 Å². The van der Waals surface area contributed by atoms with E-state index in [0.29, 0.717) is 11.5 Å². The van der Waals surface area contributed by atoms with E-state index in [2.05, 4.69) is 24.1 Å². The highest BCUT2D eigenvalue weighted by Crippen LogP contribution is 2.20. The molecule has 0 aliphatic rings. The van der Waals surface area contributed by atoms with Gasteiger partial charge in [-0.15, -0.1) is 4.83 Å². The lowest BCUT2D eigenvalue weighted by Gasteiger charge is -2.12. The van der Waals surface area contributed by atoms with E-state index in [4.69, 9.17) is 0 Å². The van der Waals surface area contributed by atoms with Gasteiger partial charge in [0.15, 0.2) is 0 Å². The number of sulfonamides is 1. The van der Waals surface area contributed by atoms with Gasteiger partial charge in [-0.05, 0) is 55.5 Å². The molecule has 2 aromatic carbocycles. The highest BCUT2D eigenvalue weighted by molar-refractivity contribution is 7.89. The van der Waals surface area contributed by atoms with Gasteiger partial charge in [0.25, 0.3) is 15.9 Å². The highest BCUT2D eigenvalue weighted by atomic mass is 32.2. The summed E-state index contributed by atoms with van der Waals surface area (Å²) in [6.07, 6.45) is 0.982. The monoisotopic (exact) mass is 360 g/mol. The molecule has 0 bridgehead atoms. The number of carbonyl (C=O) groups is 1. The molecule has 2 rings (SSSR count). The molecule has 134 valence electrons. The van der Waals surface area contributed by atoms with Crippen LogP contribution in [0, 0.1) is 13.8 Å². The molecule has 5 nitrogen and oxygen atoms in total. The van der Waals surface area contributed by atoms with E-state index in [1.807, 2.05) is 26.0 Å². The van der Waals surface area contributed by atoms with Crippen LogP contribution >= 0.6 is 0 Å². The minimum atomic E-state index is -3.82. The first-order valence-electron chi connectivity index (χ1n) is 8.24. The molecule has 2 aromatic rings. The second kappa shape index (κ2) is 7.80. The number of rotatable bonds is 6. The Bertz CT molecular complexity index is 859. The maximum absolute atomic E-state index is 12.3. The SMILES string of the molecule is CC[C@H](C)c1ccc(S(=O)(=O)NNC(=O)c2ccc(C)cc2C)cc1. The Morgan fingerprint density at radius 1 is 1.08 bits per heavy atom. The van der Waals surface area contributed by atoms with Gasteiger partial charge in [0.1, 0.15) is 0 Å². The van der Waals surface area contributed by atoms with E-state index in [0.717, 1.165) is 23.1 Å². The summed E-state index contributed by atoms with van der Waals surface area (Å²) >= 11 is 0. The van der Waals surface area contributed by atoms with Crippen molar-refractivity contribution in [2.45, 2.75) is 44.9 Å². The van der Waals surface area contributed by atoms with Crippen LogP contribution in [0.5, 0.6) is 0 Å². The lowest BCUT2D eigenvalue weighted by Crippen LogP contribution is -2.41. The van der Waals surface area contributed by atoms with Crippen LogP contribution < -0.4 is 10.3 Å². The van der Waals surface area contributed by atoms with Gasteiger partial charge in [0, 0.05) is 5.56 Å². The molecule has 0 aromatic heterocycles. The predicted molar refractivity (Wildman–Crippen MR) is 98.9 cm³/mol. The largest absolute Gasteiger partial charge is 0.273 e. The summed E-state index contributed by atoms with van der Waals surface area (Å²) in [6.45, 7) is 7.91. The Morgan fingerprint density at radius 2 is 1.72 bits per heavy atom. The average molecular weight is 360 g/mol. The Balaban J connectivity index is 2.09. The lowest BCUT2D eigenvalue weighted by molar-refractivity contribution is 0.0944. The fraction of sp³-hybridized carbons (Fsp3) is 0.316. The van der Waals surface area contributed by atoms with Crippen LogP contribution in [-0.4, -0.2) is 14.3 Å². The third kappa shape index (κ3) is 4.67. The molecule has 2 N–H and O–H groups in total. The summed E-state index contributed by atoms with van der Waals surface area (Å²) in [7, 11) is -3.82. The van der Waals surface area contributed by atoms with E-state index in [-0.39, 0.29) is 4.90 Å². The van der Waals surface area contributed by atoms with Crippen LogP contribution in [-0.2, 0) is 10.0 Å². The van der Waals surface area contributed by atoms with Crippen molar-refractivity contribution in [2.24, 2.45) is 0 Å². The smallest absolute Gasteiger partial charge is 0.266 e. The van der Waals surface area contributed by atoms with Crippen LogP contribution in [0.3, 0.4) is 0 Å². The summed E-state index contributed by atoms with van der Waals surface area (Å²) in [5.74, 6) is -0.119. The first kappa shape index (κ1) is 19.1. The van der Waals surface area contributed by atoms with Crippen molar-refractivity contribution in [2.75, 3.05) is 0 Å². The molecule has 0 aliphatic heterocycles. The van der Waals surface area contributed by atoms with Gasteiger partial charge in [0.05, 0.1) is 4.90 Å². The minimum Gasteiger partial charge on any atom is -0.273 e. The van der Waals surface area contributed by atoms with Gasteiger partial charge < -0.3 is 0 Å². The molecule has 6 heteroatoms. The van der Waals surface area contributed by atoms with Crippen molar-refractivity contribution in [1.29, 1.82) is 0 Å². The van der Waals surface area contributed by atoms with Crippen molar-refractivity contribution in [3.63, 3.8) is 0 Å². The second-order valence-corrected chi connectivity index (χ2v) is 7.94. The number of nitrogens with one attached hydrogen (secondary N) is 2. The highest BCUT2D eigenvalue weighted by Gasteiger charge is 2.17. The molecule has 1 atom stereocenters. The van der Waals surface area contributed by atoms with E-state index in [1.54, 1.807) is 30.3 Å². The van der Waals surface area contributed by atoms with Gasteiger partial charge in [-0.25, -0.2) is 8.42 Å². The molecule has 0 aliphatic carbocycles. The zero-order valence-corrected chi connectivity index (χ0v) is 15.8. The van der Waals surface area contributed by atoms with Crippen LogP contribution in [0.25, 0.3) is 0 Å². The number of aryl methyl sites for hydroxylation is 2. The summed E-state index contributed by atoms with van der Waals surface area (Å²) < 4.78 is 24.7. The van der Waals surface area contributed by atoms with Gasteiger partial charge in [-0.3, -0.25) is 10.2 Å². The molecule has 0 saturated heterocycles. The fourth-order valence-corrected chi connectivity index (χ4v) is 3.36. The van der Waals surface area contributed by atoms with E-state index < -0.39 is 15.9 Å². The van der Waals surface area contributed by atoms with Gasteiger partial charge in [-0.1, -0.05) is 43.7 Å². The van der Waals surface area contributed by atoms with E-state index in [9.17, 15) is 13.2 Å². The predicted octanol–water partition coefficient (Wildman–Crippen LogP) is 3.44. The lowest BCUT2D eigenvalue weighted by atomic mass is 9.99. The zero-order chi connectivity index (χ0) is 18.6. The average Bonchev–Trinajstić information content (AvgIpc) is 2.59. The zero-order valence-electron chi connectivity index (χ0n) is 15.0. The normalized spacial score (nSPS) is 12.6. The van der Waals surface area contributed by atoms with Crippen molar-refractivity contribution >= 4 is 15.9 Å². The molecular weight excluding hydrogens is 336 g/mol.